The van der Waals surface area contributed by atoms with Gasteiger partial charge in [0.1, 0.15) is 11.4 Å². The molecule has 28 heavy (non-hydrogen) atoms. The monoisotopic (exact) mass is 376 g/mol. The summed E-state index contributed by atoms with van der Waals surface area (Å²) in [5.74, 6) is 0.752. The molecule has 0 saturated heterocycles. The lowest BCUT2D eigenvalue weighted by Crippen LogP contribution is -2.16. The minimum absolute atomic E-state index is 0.273. The Balaban J connectivity index is 1.87. The molecule has 0 bridgehead atoms. The van der Waals surface area contributed by atoms with Crippen LogP contribution in [0, 0.1) is 13.8 Å². The largest absolute Gasteiger partial charge is 0.495 e. The van der Waals surface area contributed by atoms with Gasteiger partial charge in [-0.1, -0.05) is 31.2 Å². The molecule has 0 spiro atoms. The van der Waals surface area contributed by atoms with Gasteiger partial charge in [0.2, 0.25) is 5.95 Å². The first-order valence-electron chi connectivity index (χ1n) is 9.16. The highest BCUT2D eigenvalue weighted by atomic mass is 16.5. The van der Waals surface area contributed by atoms with Crippen LogP contribution in [0.2, 0.25) is 0 Å². The number of anilines is 3. The van der Waals surface area contributed by atoms with Crippen molar-refractivity contribution in [3.63, 3.8) is 0 Å². The average Bonchev–Trinajstić information content (AvgIpc) is 2.68. The van der Waals surface area contributed by atoms with Crippen molar-refractivity contribution >= 4 is 23.2 Å². The topological polar surface area (TPSA) is 76.1 Å². The van der Waals surface area contributed by atoms with Crippen molar-refractivity contribution in [3.05, 3.63) is 71.0 Å². The van der Waals surface area contributed by atoms with Crippen LogP contribution in [0.3, 0.4) is 0 Å². The number of nitrogens with zero attached hydrogens (tertiary/aromatic N) is 2. The van der Waals surface area contributed by atoms with Crippen molar-refractivity contribution in [2.24, 2.45) is 0 Å². The first-order chi connectivity index (χ1) is 13.5. The summed E-state index contributed by atoms with van der Waals surface area (Å²) in [6, 6.07) is 15.2. The summed E-state index contributed by atoms with van der Waals surface area (Å²) < 4.78 is 5.39. The van der Waals surface area contributed by atoms with Crippen molar-refractivity contribution in [2.75, 3.05) is 17.7 Å². The number of benzene rings is 2. The van der Waals surface area contributed by atoms with Gasteiger partial charge in [0.05, 0.1) is 12.8 Å². The van der Waals surface area contributed by atoms with Crippen molar-refractivity contribution < 1.29 is 9.53 Å². The third-order valence-electron chi connectivity index (χ3n) is 4.33. The number of methoxy groups -OCH3 is 1. The van der Waals surface area contributed by atoms with E-state index in [0.29, 0.717) is 23.1 Å². The summed E-state index contributed by atoms with van der Waals surface area (Å²) in [7, 11) is 1.61. The van der Waals surface area contributed by atoms with Crippen LogP contribution in [0.1, 0.15) is 34.2 Å². The summed E-state index contributed by atoms with van der Waals surface area (Å²) in [5.41, 5.74) is 4.68. The second kappa shape index (κ2) is 8.52. The molecule has 0 atom stereocenters. The summed E-state index contributed by atoms with van der Waals surface area (Å²) in [6.07, 6.45) is 0.833. The standard InChI is InChI=1S/C22H24N4O2/c1-5-16-8-6-7-9-17(16)24-21(27)19-13-15(3)23-22(26-19)25-18-12-14(2)10-11-20(18)28-4/h6-13H,5H2,1-4H3,(H,24,27)(H,23,25,26). The molecule has 0 aliphatic heterocycles. The zero-order valence-corrected chi connectivity index (χ0v) is 16.5. The van der Waals surface area contributed by atoms with Gasteiger partial charge in [0.15, 0.2) is 0 Å². The van der Waals surface area contributed by atoms with E-state index >= 15 is 0 Å². The van der Waals surface area contributed by atoms with Gasteiger partial charge in [-0.15, -0.1) is 0 Å². The fourth-order valence-corrected chi connectivity index (χ4v) is 2.92. The fourth-order valence-electron chi connectivity index (χ4n) is 2.92. The van der Waals surface area contributed by atoms with Crippen LogP contribution in [0.25, 0.3) is 0 Å². The first kappa shape index (κ1) is 19.4. The van der Waals surface area contributed by atoms with Crippen LogP contribution in [0.15, 0.2) is 48.5 Å². The third kappa shape index (κ3) is 4.46. The minimum Gasteiger partial charge on any atom is -0.495 e. The number of carbonyl (C=O) groups is 1. The van der Waals surface area contributed by atoms with E-state index < -0.39 is 0 Å². The smallest absolute Gasteiger partial charge is 0.274 e. The van der Waals surface area contributed by atoms with Crippen LogP contribution >= 0.6 is 0 Å². The normalized spacial score (nSPS) is 10.4. The summed E-state index contributed by atoms with van der Waals surface area (Å²) in [5, 5.41) is 6.11. The summed E-state index contributed by atoms with van der Waals surface area (Å²) in [4.78, 5) is 21.6. The number of para-hydroxylation sites is 1. The van der Waals surface area contributed by atoms with Gasteiger partial charge < -0.3 is 15.4 Å². The summed E-state index contributed by atoms with van der Waals surface area (Å²) in [6.45, 7) is 5.87. The highest BCUT2D eigenvalue weighted by Gasteiger charge is 2.13. The first-order valence-corrected chi connectivity index (χ1v) is 9.16. The molecular formula is C22H24N4O2. The van der Waals surface area contributed by atoms with Crippen LogP contribution in [0.5, 0.6) is 5.75 Å². The molecule has 0 radical (unpaired) electrons. The number of rotatable bonds is 6. The molecule has 1 amide bonds. The Morgan fingerprint density at radius 1 is 1.04 bits per heavy atom. The number of aryl methyl sites for hydroxylation is 3. The Hall–Kier alpha value is -3.41. The molecular weight excluding hydrogens is 352 g/mol. The van der Waals surface area contributed by atoms with E-state index in [9.17, 15) is 4.79 Å². The quantitative estimate of drug-likeness (QED) is 0.654. The van der Waals surface area contributed by atoms with Crippen molar-refractivity contribution in [2.45, 2.75) is 27.2 Å². The van der Waals surface area contributed by atoms with Crippen LogP contribution in [-0.2, 0) is 6.42 Å². The Morgan fingerprint density at radius 3 is 2.57 bits per heavy atom. The number of amides is 1. The van der Waals surface area contributed by atoms with E-state index in [1.807, 2.05) is 56.3 Å². The van der Waals surface area contributed by atoms with E-state index in [1.54, 1.807) is 13.2 Å². The Kier molecular flexibility index (Phi) is 5.89. The maximum atomic E-state index is 12.8. The second-order valence-electron chi connectivity index (χ2n) is 6.51. The number of ether oxygens (including phenoxy) is 1. The Bertz CT molecular complexity index is 1000. The SMILES string of the molecule is CCc1ccccc1NC(=O)c1cc(C)nc(Nc2cc(C)ccc2OC)n1. The van der Waals surface area contributed by atoms with Gasteiger partial charge in [-0.2, -0.15) is 0 Å². The molecule has 1 aromatic heterocycles. The molecule has 144 valence electrons. The van der Waals surface area contributed by atoms with Gasteiger partial charge in [-0.3, -0.25) is 4.79 Å². The minimum atomic E-state index is -0.273. The van der Waals surface area contributed by atoms with E-state index in [2.05, 4.69) is 27.5 Å². The highest BCUT2D eigenvalue weighted by molar-refractivity contribution is 6.03. The number of aromatic nitrogens is 2. The molecule has 1 heterocycles. The van der Waals surface area contributed by atoms with Gasteiger partial charge in [0.25, 0.3) is 5.91 Å². The predicted molar refractivity (Wildman–Crippen MR) is 112 cm³/mol. The fraction of sp³-hybridized carbons (Fsp3) is 0.227. The van der Waals surface area contributed by atoms with Crippen molar-refractivity contribution in [3.8, 4) is 5.75 Å². The van der Waals surface area contributed by atoms with Crippen LogP contribution in [0.4, 0.5) is 17.3 Å². The molecule has 0 fully saturated rings. The lowest BCUT2D eigenvalue weighted by atomic mass is 10.1. The molecule has 0 unspecified atom stereocenters. The maximum absolute atomic E-state index is 12.8. The molecule has 2 N–H and O–H groups in total. The molecule has 0 aliphatic rings. The number of carbonyl (C=O) groups excluding carboxylic acids is 1. The van der Waals surface area contributed by atoms with E-state index in [1.165, 1.54) is 0 Å². The molecule has 2 aromatic carbocycles. The number of hydrogen-bond acceptors (Lipinski definition) is 5. The summed E-state index contributed by atoms with van der Waals surface area (Å²) >= 11 is 0. The lowest BCUT2D eigenvalue weighted by molar-refractivity contribution is 0.102. The second-order valence-corrected chi connectivity index (χ2v) is 6.51. The zero-order valence-electron chi connectivity index (χ0n) is 16.5. The number of hydrogen-bond donors (Lipinski definition) is 2. The molecule has 6 heteroatoms. The number of nitrogens with one attached hydrogen (secondary N) is 2. The zero-order chi connectivity index (χ0) is 20.1. The molecule has 6 nitrogen and oxygen atoms in total. The molecule has 3 rings (SSSR count). The van der Waals surface area contributed by atoms with E-state index in [4.69, 9.17) is 4.74 Å². The van der Waals surface area contributed by atoms with Gasteiger partial charge in [-0.05, 0) is 55.7 Å². The van der Waals surface area contributed by atoms with E-state index in [0.717, 1.165) is 28.9 Å². The molecule has 0 aliphatic carbocycles. The highest BCUT2D eigenvalue weighted by Crippen LogP contribution is 2.27. The van der Waals surface area contributed by atoms with Crippen molar-refractivity contribution in [1.82, 2.24) is 9.97 Å². The van der Waals surface area contributed by atoms with Crippen molar-refractivity contribution in [1.29, 1.82) is 0 Å². The Labute approximate surface area is 165 Å². The van der Waals surface area contributed by atoms with E-state index in [-0.39, 0.29) is 5.91 Å². The predicted octanol–water partition coefficient (Wildman–Crippen LogP) is 4.66. The molecule has 0 saturated carbocycles. The van der Waals surface area contributed by atoms with Gasteiger partial charge >= 0.3 is 0 Å². The Morgan fingerprint density at radius 2 is 1.82 bits per heavy atom. The average molecular weight is 376 g/mol. The van der Waals surface area contributed by atoms with Crippen LogP contribution in [-0.4, -0.2) is 23.0 Å². The molecule has 3 aromatic rings. The van der Waals surface area contributed by atoms with Crippen LogP contribution < -0.4 is 15.4 Å². The third-order valence-corrected chi connectivity index (χ3v) is 4.33. The van der Waals surface area contributed by atoms with Gasteiger partial charge in [-0.25, -0.2) is 9.97 Å². The van der Waals surface area contributed by atoms with Gasteiger partial charge in [0, 0.05) is 11.4 Å². The lowest BCUT2D eigenvalue weighted by Gasteiger charge is -2.13. The maximum Gasteiger partial charge on any atom is 0.274 e.